The molecule has 0 unspecified atom stereocenters. The molecule has 0 saturated heterocycles. The van der Waals surface area contributed by atoms with Crippen LogP contribution >= 0.6 is 45.2 Å². The fourth-order valence-electron chi connectivity index (χ4n) is 0.987. The SMILES string of the molecule is CC(C)(C)COS(=O)(=O)c1cc(I)ccc1I. The summed E-state index contributed by atoms with van der Waals surface area (Å²) in [6.45, 7) is 5.98. The summed E-state index contributed by atoms with van der Waals surface area (Å²) in [6, 6.07) is 5.26. The second-order valence-electron chi connectivity index (χ2n) is 4.85. The van der Waals surface area contributed by atoms with Crippen LogP contribution < -0.4 is 0 Å². The van der Waals surface area contributed by atoms with Gasteiger partial charge in [0.1, 0.15) is 4.90 Å². The van der Waals surface area contributed by atoms with Gasteiger partial charge < -0.3 is 0 Å². The number of rotatable bonds is 3. The van der Waals surface area contributed by atoms with Crippen LogP contribution in [0.1, 0.15) is 20.8 Å². The molecule has 0 bridgehead atoms. The summed E-state index contributed by atoms with van der Waals surface area (Å²) in [6.07, 6.45) is 0. The quantitative estimate of drug-likeness (QED) is 0.491. The van der Waals surface area contributed by atoms with Gasteiger partial charge in [0, 0.05) is 7.14 Å². The van der Waals surface area contributed by atoms with Gasteiger partial charge in [0.2, 0.25) is 0 Å². The normalized spacial score (nSPS) is 12.8. The van der Waals surface area contributed by atoms with Crippen molar-refractivity contribution < 1.29 is 12.6 Å². The van der Waals surface area contributed by atoms with Gasteiger partial charge in [0.05, 0.1) is 6.61 Å². The first kappa shape index (κ1) is 15.6. The van der Waals surface area contributed by atoms with E-state index >= 15 is 0 Å². The van der Waals surface area contributed by atoms with Crippen LogP contribution in [0.5, 0.6) is 0 Å². The van der Waals surface area contributed by atoms with Gasteiger partial charge in [0.25, 0.3) is 10.1 Å². The zero-order valence-electron chi connectivity index (χ0n) is 9.83. The summed E-state index contributed by atoms with van der Waals surface area (Å²) in [5.74, 6) is 0. The molecule has 1 aromatic rings. The second kappa shape index (κ2) is 5.70. The van der Waals surface area contributed by atoms with Crippen LogP contribution in [0.25, 0.3) is 0 Å². The highest BCUT2D eigenvalue weighted by Crippen LogP contribution is 2.24. The van der Waals surface area contributed by atoms with Crippen molar-refractivity contribution in [3.05, 3.63) is 25.3 Å². The third-order valence-electron chi connectivity index (χ3n) is 1.81. The van der Waals surface area contributed by atoms with E-state index in [9.17, 15) is 8.42 Å². The number of benzene rings is 1. The third-order valence-corrected chi connectivity index (χ3v) is 5.09. The Labute approximate surface area is 130 Å². The van der Waals surface area contributed by atoms with E-state index in [-0.39, 0.29) is 16.9 Å². The van der Waals surface area contributed by atoms with Gasteiger partial charge >= 0.3 is 0 Å². The van der Waals surface area contributed by atoms with Gasteiger partial charge in [-0.3, -0.25) is 4.18 Å². The highest BCUT2D eigenvalue weighted by Gasteiger charge is 2.22. The van der Waals surface area contributed by atoms with E-state index in [1.807, 2.05) is 49.4 Å². The monoisotopic (exact) mass is 480 g/mol. The summed E-state index contributed by atoms with van der Waals surface area (Å²) in [5, 5.41) is 0. The maximum absolute atomic E-state index is 12.0. The Morgan fingerprint density at radius 2 is 1.82 bits per heavy atom. The number of halogens is 2. The first-order valence-corrected chi connectivity index (χ1v) is 8.53. The van der Waals surface area contributed by atoms with Crippen LogP contribution in [-0.2, 0) is 14.3 Å². The molecule has 0 heterocycles. The Kier molecular flexibility index (Phi) is 5.25. The van der Waals surface area contributed by atoms with Crippen molar-refractivity contribution in [2.24, 2.45) is 5.41 Å². The first-order valence-electron chi connectivity index (χ1n) is 4.96. The molecule has 0 aromatic heterocycles. The first-order chi connectivity index (χ1) is 7.62. The minimum absolute atomic E-state index is 0.177. The van der Waals surface area contributed by atoms with Crippen molar-refractivity contribution >= 4 is 55.3 Å². The maximum atomic E-state index is 12.0. The van der Waals surface area contributed by atoms with Crippen LogP contribution in [0, 0.1) is 12.6 Å². The fraction of sp³-hybridized carbons (Fsp3) is 0.455. The lowest BCUT2D eigenvalue weighted by atomic mass is 9.99. The summed E-state index contributed by atoms with van der Waals surface area (Å²) in [4.78, 5) is 0.245. The van der Waals surface area contributed by atoms with Crippen molar-refractivity contribution in [3.63, 3.8) is 0 Å². The minimum Gasteiger partial charge on any atom is -0.266 e. The van der Waals surface area contributed by atoms with E-state index in [0.717, 1.165) is 3.57 Å². The van der Waals surface area contributed by atoms with Crippen molar-refractivity contribution in [2.75, 3.05) is 6.61 Å². The van der Waals surface area contributed by atoms with E-state index in [1.165, 1.54) is 0 Å². The van der Waals surface area contributed by atoms with Gasteiger partial charge in [-0.15, -0.1) is 0 Å². The van der Waals surface area contributed by atoms with E-state index < -0.39 is 10.1 Å². The van der Waals surface area contributed by atoms with E-state index in [2.05, 4.69) is 22.6 Å². The van der Waals surface area contributed by atoms with E-state index in [0.29, 0.717) is 3.57 Å². The topological polar surface area (TPSA) is 43.4 Å². The predicted octanol–water partition coefficient (Wildman–Crippen LogP) is 3.65. The standard InChI is InChI=1S/C11H14I2O3S/c1-11(2,3)7-16-17(14,15)10-6-8(12)4-5-9(10)13/h4-6H,7H2,1-3H3. The highest BCUT2D eigenvalue weighted by molar-refractivity contribution is 14.1. The van der Waals surface area contributed by atoms with Crippen LogP contribution in [-0.4, -0.2) is 15.0 Å². The Morgan fingerprint density at radius 3 is 2.35 bits per heavy atom. The van der Waals surface area contributed by atoms with Crippen LogP contribution in [0.2, 0.25) is 0 Å². The van der Waals surface area contributed by atoms with E-state index in [4.69, 9.17) is 4.18 Å². The van der Waals surface area contributed by atoms with Crippen molar-refractivity contribution in [1.82, 2.24) is 0 Å². The Bertz CT molecular complexity index is 504. The minimum atomic E-state index is -3.66. The van der Waals surface area contributed by atoms with Crippen molar-refractivity contribution in [2.45, 2.75) is 25.7 Å². The lowest BCUT2D eigenvalue weighted by molar-refractivity contribution is 0.203. The lowest BCUT2D eigenvalue weighted by Crippen LogP contribution is -2.19. The summed E-state index contributed by atoms with van der Waals surface area (Å²) < 4.78 is 30.7. The largest absolute Gasteiger partial charge is 0.298 e. The molecule has 1 aromatic carbocycles. The molecular formula is C11H14I2O3S. The van der Waals surface area contributed by atoms with Gasteiger partial charge in [-0.1, -0.05) is 20.8 Å². The molecule has 6 heteroatoms. The summed E-state index contributed by atoms with van der Waals surface area (Å²) in [5.41, 5.74) is -0.180. The maximum Gasteiger partial charge on any atom is 0.298 e. The molecule has 0 aliphatic heterocycles. The molecule has 3 nitrogen and oxygen atoms in total. The molecule has 0 spiro atoms. The van der Waals surface area contributed by atoms with Gasteiger partial charge in [-0.2, -0.15) is 8.42 Å². The zero-order chi connectivity index (χ0) is 13.3. The summed E-state index contributed by atoms with van der Waals surface area (Å²) >= 11 is 4.08. The third kappa shape index (κ3) is 4.99. The summed E-state index contributed by atoms with van der Waals surface area (Å²) in [7, 11) is -3.66. The van der Waals surface area contributed by atoms with E-state index in [1.54, 1.807) is 12.1 Å². The Balaban J connectivity index is 3.02. The molecule has 0 aliphatic carbocycles. The number of hydrogen-bond donors (Lipinski definition) is 0. The molecule has 1 rings (SSSR count). The molecule has 0 N–H and O–H groups in total. The molecule has 17 heavy (non-hydrogen) atoms. The lowest BCUT2D eigenvalue weighted by Gasteiger charge is -2.18. The fourth-order valence-corrected chi connectivity index (χ4v) is 4.05. The van der Waals surface area contributed by atoms with Crippen molar-refractivity contribution in [1.29, 1.82) is 0 Å². The zero-order valence-corrected chi connectivity index (χ0v) is 15.0. The van der Waals surface area contributed by atoms with Gasteiger partial charge in [-0.25, -0.2) is 0 Å². The molecule has 0 atom stereocenters. The average Bonchev–Trinajstić information content (AvgIpc) is 2.18. The molecule has 0 fully saturated rings. The molecule has 0 saturated carbocycles. The van der Waals surface area contributed by atoms with Crippen LogP contribution in [0.15, 0.2) is 23.1 Å². The number of hydrogen-bond acceptors (Lipinski definition) is 3. The molecule has 0 amide bonds. The smallest absolute Gasteiger partial charge is 0.266 e. The molecular weight excluding hydrogens is 466 g/mol. The van der Waals surface area contributed by atoms with Gasteiger partial charge in [0.15, 0.2) is 0 Å². The Morgan fingerprint density at radius 1 is 1.24 bits per heavy atom. The Hall–Kier alpha value is 0.590. The average molecular weight is 480 g/mol. The molecule has 0 aliphatic rings. The van der Waals surface area contributed by atoms with Crippen LogP contribution in [0.3, 0.4) is 0 Å². The highest BCUT2D eigenvalue weighted by atomic mass is 127. The predicted molar refractivity (Wildman–Crippen MR) is 84.5 cm³/mol. The van der Waals surface area contributed by atoms with Gasteiger partial charge in [-0.05, 0) is 68.8 Å². The second-order valence-corrected chi connectivity index (χ2v) is 8.84. The molecule has 96 valence electrons. The van der Waals surface area contributed by atoms with Crippen LogP contribution in [0.4, 0.5) is 0 Å². The van der Waals surface area contributed by atoms with Crippen molar-refractivity contribution in [3.8, 4) is 0 Å². The molecule has 0 radical (unpaired) electrons.